The molecule has 1 aliphatic heterocycles. The largest absolute Gasteiger partial charge is 0.440 e. The van der Waals surface area contributed by atoms with E-state index in [1.165, 1.54) is 11.3 Å². The lowest BCUT2D eigenvalue weighted by Crippen LogP contribution is -2.38. The van der Waals surface area contributed by atoms with E-state index in [4.69, 9.17) is 4.42 Å². The second-order valence-electron chi connectivity index (χ2n) is 7.29. The number of fused-ring (bicyclic) bond motifs is 1. The van der Waals surface area contributed by atoms with Crippen LogP contribution < -0.4 is 4.72 Å². The maximum Gasteiger partial charge on any atom is 0.263 e. The van der Waals surface area contributed by atoms with E-state index in [-0.39, 0.29) is 11.8 Å². The van der Waals surface area contributed by atoms with E-state index in [9.17, 15) is 13.2 Å². The fraction of sp³-hybridized carbons (Fsp3) is 0.400. The van der Waals surface area contributed by atoms with Crippen LogP contribution in [0.15, 0.2) is 40.8 Å². The van der Waals surface area contributed by atoms with E-state index in [1.54, 1.807) is 0 Å². The number of hydrogen-bond donors (Lipinski definition) is 1. The number of carbonyl (C=O) groups is 1. The summed E-state index contributed by atoms with van der Waals surface area (Å²) in [6, 6.07) is 11.4. The zero-order valence-electron chi connectivity index (χ0n) is 16.1. The lowest BCUT2D eigenvalue weighted by molar-refractivity contribution is 0.0704. The summed E-state index contributed by atoms with van der Waals surface area (Å²) in [5.74, 6) is 0.805. The molecule has 0 radical (unpaired) electrons. The number of nitrogens with zero attached hydrogens (tertiary/aromatic N) is 2. The maximum absolute atomic E-state index is 13.0. The number of rotatable bonds is 6. The first kappa shape index (κ1) is 20.1. The SMILES string of the molecule is CS(=O)(=O)NCCc1ccc(C(=O)N2CCC[C@H](c3nc4ccccc4o3)C2)s1. The second-order valence-corrected chi connectivity index (χ2v) is 10.3. The molecule has 7 nitrogen and oxygen atoms in total. The molecule has 1 aromatic carbocycles. The Morgan fingerprint density at radius 1 is 1.31 bits per heavy atom. The van der Waals surface area contributed by atoms with Crippen LogP contribution in [-0.4, -0.2) is 50.1 Å². The minimum atomic E-state index is -3.20. The summed E-state index contributed by atoms with van der Waals surface area (Å²) >= 11 is 1.42. The molecule has 1 amide bonds. The molecule has 2 aromatic heterocycles. The Morgan fingerprint density at radius 3 is 2.93 bits per heavy atom. The van der Waals surface area contributed by atoms with E-state index in [2.05, 4.69) is 9.71 Å². The first-order valence-corrected chi connectivity index (χ1v) is 12.3. The van der Waals surface area contributed by atoms with Crippen molar-refractivity contribution in [3.8, 4) is 0 Å². The summed E-state index contributed by atoms with van der Waals surface area (Å²) in [4.78, 5) is 21.1. The van der Waals surface area contributed by atoms with Crippen molar-refractivity contribution >= 4 is 38.4 Å². The first-order chi connectivity index (χ1) is 13.9. The number of oxazole rings is 1. The molecule has 0 aliphatic carbocycles. The summed E-state index contributed by atoms with van der Waals surface area (Å²) in [6.07, 6.45) is 3.56. The van der Waals surface area contributed by atoms with Gasteiger partial charge in [-0.25, -0.2) is 18.1 Å². The van der Waals surface area contributed by atoms with Gasteiger partial charge in [0.25, 0.3) is 5.91 Å². The number of piperidine rings is 1. The van der Waals surface area contributed by atoms with E-state index in [1.807, 2.05) is 41.3 Å². The molecule has 154 valence electrons. The van der Waals surface area contributed by atoms with Gasteiger partial charge in [0.15, 0.2) is 11.5 Å². The minimum Gasteiger partial charge on any atom is -0.440 e. The van der Waals surface area contributed by atoms with Crippen molar-refractivity contribution in [2.45, 2.75) is 25.2 Å². The molecular formula is C20H23N3O4S2. The van der Waals surface area contributed by atoms with Gasteiger partial charge in [0.1, 0.15) is 5.52 Å². The summed E-state index contributed by atoms with van der Waals surface area (Å²) < 4.78 is 30.7. The highest BCUT2D eigenvalue weighted by atomic mass is 32.2. The van der Waals surface area contributed by atoms with Crippen molar-refractivity contribution in [3.05, 3.63) is 52.0 Å². The number of benzene rings is 1. The third-order valence-corrected chi connectivity index (χ3v) is 6.84. The molecule has 1 fully saturated rings. The van der Waals surface area contributed by atoms with Gasteiger partial charge in [-0.2, -0.15) is 0 Å². The van der Waals surface area contributed by atoms with Crippen LogP contribution in [0, 0.1) is 0 Å². The quantitative estimate of drug-likeness (QED) is 0.645. The van der Waals surface area contributed by atoms with Gasteiger partial charge in [0.05, 0.1) is 17.1 Å². The Morgan fingerprint density at radius 2 is 2.14 bits per heavy atom. The summed E-state index contributed by atoms with van der Waals surface area (Å²) in [5.41, 5.74) is 1.62. The number of thiophene rings is 1. The second kappa shape index (κ2) is 8.25. The average molecular weight is 434 g/mol. The Kier molecular flexibility index (Phi) is 5.71. The highest BCUT2D eigenvalue weighted by Gasteiger charge is 2.29. The number of carbonyl (C=O) groups excluding carboxylic acids is 1. The van der Waals surface area contributed by atoms with E-state index < -0.39 is 10.0 Å². The lowest BCUT2D eigenvalue weighted by atomic mass is 9.98. The van der Waals surface area contributed by atoms with Gasteiger partial charge in [-0.3, -0.25) is 4.79 Å². The molecular weight excluding hydrogens is 410 g/mol. The number of likely N-dealkylation sites (tertiary alicyclic amines) is 1. The van der Waals surface area contributed by atoms with Gasteiger partial charge in [-0.05, 0) is 43.5 Å². The number of sulfonamides is 1. The van der Waals surface area contributed by atoms with Crippen molar-refractivity contribution in [3.63, 3.8) is 0 Å². The summed E-state index contributed by atoms with van der Waals surface area (Å²) in [7, 11) is -3.20. The number of hydrogen-bond acceptors (Lipinski definition) is 6. The van der Waals surface area contributed by atoms with Gasteiger partial charge in [-0.15, -0.1) is 11.3 Å². The van der Waals surface area contributed by atoms with Gasteiger partial charge < -0.3 is 9.32 Å². The minimum absolute atomic E-state index is 0.0122. The fourth-order valence-corrected chi connectivity index (χ4v) is 5.02. The van der Waals surface area contributed by atoms with Crippen molar-refractivity contribution in [2.75, 3.05) is 25.9 Å². The van der Waals surface area contributed by atoms with Crippen molar-refractivity contribution < 1.29 is 17.6 Å². The fourth-order valence-electron chi connectivity index (χ4n) is 3.57. The normalized spacial score (nSPS) is 17.7. The molecule has 0 spiro atoms. The van der Waals surface area contributed by atoms with Gasteiger partial charge >= 0.3 is 0 Å². The molecule has 9 heteroatoms. The average Bonchev–Trinajstić information content (AvgIpc) is 3.33. The highest BCUT2D eigenvalue weighted by Crippen LogP contribution is 2.30. The summed E-state index contributed by atoms with van der Waals surface area (Å²) in [5, 5.41) is 0. The van der Waals surface area contributed by atoms with Crippen molar-refractivity contribution in [1.82, 2.24) is 14.6 Å². The predicted octanol–water partition coefficient (Wildman–Crippen LogP) is 3.00. The monoisotopic (exact) mass is 433 g/mol. The molecule has 0 unspecified atom stereocenters. The Hall–Kier alpha value is -2.23. The van der Waals surface area contributed by atoms with Crippen molar-refractivity contribution in [2.24, 2.45) is 0 Å². The van der Waals surface area contributed by atoms with Gasteiger partial charge in [-0.1, -0.05) is 12.1 Å². The van der Waals surface area contributed by atoms with E-state index in [0.29, 0.717) is 30.3 Å². The number of para-hydroxylation sites is 2. The molecule has 1 aliphatic rings. The molecule has 1 atom stereocenters. The molecule has 4 rings (SSSR count). The Balaban J connectivity index is 1.41. The number of aromatic nitrogens is 1. The predicted molar refractivity (Wildman–Crippen MR) is 113 cm³/mol. The van der Waals surface area contributed by atoms with Crippen LogP contribution in [0.1, 0.15) is 39.2 Å². The molecule has 1 N–H and O–H groups in total. The molecule has 29 heavy (non-hydrogen) atoms. The molecule has 3 heterocycles. The topological polar surface area (TPSA) is 92.5 Å². The number of nitrogens with one attached hydrogen (secondary N) is 1. The Bertz CT molecular complexity index is 1090. The first-order valence-electron chi connectivity index (χ1n) is 9.57. The molecule has 1 saturated heterocycles. The lowest BCUT2D eigenvalue weighted by Gasteiger charge is -2.31. The molecule has 0 saturated carbocycles. The van der Waals surface area contributed by atoms with Crippen LogP contribution in [0.25, 0.3) is 11.1 Å². The van der Waals surface area contributed by atoms with Crippen LogP contribution in [0.5, 0.6) is 0 Å². The Labute approximate surface area is 173 Å². The molecule has 3 aromatic rings. The van der Waals surface area contributed by atoms with Crippen LogP contribution in [0.3, 0.4) is 0 Å². The van der Waals surface area contributed by atoms with Crippen LogP contribution in [-0.2, 0) is 16.4 Å². The van der Waals surface area contributed by atoms with E-state index in [0.717, 1.165) is 41.6 Å². The maximum atomic E-state index is 13.0. The van der Waals surface area contributed by atoms with Crippen LogP contribution in [0.4, 0.5) is 0 Å². The third-order valence-electron chi connectivity index (χ3n) is 4.98. The smallest absolute Gasteiger partial charge is 0.263 e. The van der Waals surface area contributed by atoms with Gasteiger partial charge in [0.2, 0.25) is 10.0 Å². The zero-order valence-corrected chi connectivity index (χ0v) is 17.8. The van der Waals surface area contributed by atoms with Gasteiger partial charge in [0, 0.05) is 24.5 Å². The highest BCUT2D eigenvalue weighted by molar-refractivity contribution is 7.88. The summed E-state index contributed by atoms with van der Waals surface area (Å²) in [6.45, 7) is 1.64. The standard InChI is InChI=1S/C20H23N3O4S2/c1-29(25,26)21-11-10-15-8-9-18(28-15)20(24)23-12-4-5-14(13-23)19-22-16-6-2-3-7-17(16)27-19/h2-3,6-9,14,21H,4-5,10-13H2,1H3/t14-/m0/s1. The van der Waals surface area contributed by atoms with Crippen molar-refractivity contribution in [1.29, 1.82) is 0 Å². The van der Waals surface area contributed by atoms with E-state index >= 15 is 0 Å². The van der Waals surface area contributed by atoms with Crippen LogP contribution in [0.2, 0.25) is 0 Å². The number of amides is 1. The molecule has 0 bridgehead atoms. The van der Waals surface area contributed by atoms with Crippen LogP contribution >= 0.6 is 11.3 Å². The third kappa shape index (κ3) is 4.85. The zero-order chi connectivity index (χ0) is 20.4.